The number of hydrogen-bond donors (Lipinski definition) is 2. The summed E-state index contributed by atoms with van der Waals surface area (Å²) in [4.78, 5) is 4.17. The first kappa shape index (κ1) is 18.7. The van der Waals surface area contributed by atoms with Gasteiger partial charge in [0.05, 0.1) is 0 Å². The number of nitrogens with one attached hydrogen (secondary N) is 2. The molecule has 0 radical (unpaired) electrons. The zero-order chi connectivity index (χ0) is 13.1. The van der Waals surface area contributed by atoms with Gasteiger partial charge in [0.2, 0.25) is 0 Å². The summed E-state index contributed by atoms with van der Waals surface area (Å²) in [5.41, 5.74) is 0. The standard InChI is InChI=1S/C14H27N3O.HI/c1-3-4-5-9-16-14(15-2)17-10-6-11-18-12-13-7-8-13;/h3-4,13H,5-12H2,1-2H3,(H2,15,16,17);1H. The Balaban J connectivity index is 0.00000324. The number of nitrogens with zero attached hydrogens (tertiary/aromatic N) is 1. The lowest BCUT2D eigenvalue weighted by Crippen LogP contribution is -2.38. The van der Waals surface area contributed by atoms with Crippen molar-refractivity contribution in [1.82, 2.24) is 10.6 Å². The Hall–Kier alpha value is -0.300. The predicted molar refractivity (Wildman–Crippen MR) is 92.4 cm³/mol. The van der Waals surface area contributed by atoms with Crippen LogP contribution in [0.4, 0.5) is 0 Å². The highest BCUT2D eigenvalue weighted by Crippen LogP contribution is 2.28. The molecule has 0 aromatic carbocycles. The largest absolute Gasteiger partial charge is 0.381 e. The third kappa shape index (κ3) is 11.2. The van der Waals surface area contributed by atoms with Crippen molar-refractivity contribution >= 4 is 29.9 Å². The van der Waals surface area contributed by atoms with Crippen molar-refractivity contribution in [2.75, 3.05) is 33.4 Å². The van der Waals surface area contributed by atoms with Crippen molar-refractivity contribution in [2.24, 2.45) is 10.9 Å². The molecule has 0 saturated heterocycles. The number of hydrogen-bond acceptors (Lipinski definition) is 2. The van der Waals surface area contributed by atoms with E-state index in [1.165, 1.54) is 12.8 Å². The average Bonchev–Trinajstić information content (AvgIpc) is 3.20. The Labute approximate surface area is 134 Å². The van der Waals surface area contributed by atoms with Crippen LogP contribution < -0.4 is 10.6 Å². The lowest BCUT2D eigenvalue weighted by molar-refractivity contribution is 0.123. The molecule has 19 heavy (non-hydrogen) atoms. The Morgan fingerprint density at radius 3 is 2.68 bits per heavy atom. The first-order valence-electron chi connectivity index (χ1n) is 7.00. The topological polar surface area (TPSA) is 45.7 Å². The molecule has 1 aliphatic carbocycles. The van der Waals surface area contributed by atoms with Crippen molar-refractivity contribution < 1.29 is 4.74 Å². The average molecular weight is 381 g/mol. The van der Waals surface area contributed by atoms with Gasteiger partial charge in [-0.05, 0) is 38.5 Å². The summed E-state index contributed by atoms with van der Waals surface area (Å²) in [6.45, 7) is 5.67. The molecule has 1 fully saturated rings. The van der Waals surface area contributed by atoms with E-state index in [0.29, 0.717) is 0 Å². The summed E-state index contributed by atoms with van der Waals surface area (Å²) in [6.07, 6.45) is 8.99. The predicted octanol–water partition coefficient (Wildman–Crippen LogP) is 2.55. The zero-order valence-electron chi connectivity index (χ0n) is 12.2. The minimum Gasteiger partial charge on any atom is -0.381 e. The maximum absolute atomic E-state index is 5.58. The molecule has 0 heterocycles. The second kappa shape index (κ2) is 12.7. The first-order valence-corrected chi connectivity index (χ1v) is 7.00. The van der Waals surface area contributed by atoms with Crippen LogP contribution in [0.3, 0.4) is 0 Å². The number of allylic oxidation sites excluding steroid dienone is 1. The van der Waals surface area contributed by atoms with Crippen LogP contribution in [0.25, 0.3) is 0 Å². The van der Waals surface area contributed by atoms with E-state index in [1.54, 1.807) is 7.05 Å². The van der Waals surface area contributed by atoms with Gasteiger partial charge in [0, 0.05) is 33.4 Å². The minimum absolute atomic E-state index is 0. The molecule has 0 spiro atoms. The molecule has 1 aliphatic rings. The molecule has 0 atom stereocenters. The smallest absolute Gasteiger partial charge is 0.190 e. The van der Waals surface area contributed by atoms with Gasteiger partial charge in [-0.25, -0.2) is 0 Å². The lowest BCUT2D eigenvalue weighted by atomic mass is 10.4. The van der Waals surface area contributed by atoms with E-state index in [2.05, 4.69) is 27.8 Å². The van der Waals surface area contributed by atoms with Crippen LogP contribution in [0.1, 0.15) is 32.6 Å². The zero-order valence-corrected chi connectivity index (χ0v) is 14.5. The summed E-state index contributed by atoms with van der Waals surface area (Å²) < 4.78 is 5.58. The normalized spacial score (nSPS) is 15.4. The number of aliphatic imine (C=N–C) groups is 1. The van der Waals surface area contributed by atoms with Crippen LogP contribution in [-0.2, 0) is 4.74 Å². The highest BCUT2D eigenvalue weighted by Gasteiger charge is 2.20. The van der Waals surface area contributed by atoms with Gasteiger partial charge in [-0.1, -0.05) is 12.2 Å². The summed E-state index contributed by atoms with van der Waals surface area (Å²) in [5.74, 6) is 1.74. The maximum atomic E-state index is 5.58. The number of halogens is 1. The van der Waals surface area contributed by atoms with Crippen LogP contribution in [-0.4, -0.2) is 39.3 Å². The molecule has 0 aromatic rings. The highest BCUT2D eigenvalue weighted by molar-refractivity contribution is 14.0. The molecular formula is C14H28IN3O. The van der Waals surface area contributed by atoms with Crippen LogP contribution in [0.5, 0.6) is 0 Å². The fourth-order valence-electron chi connectivity index (χ4n) is 1.58. The van der Waals surface area contributed by atoms with Gasteiger partial charge in [-0.2, -0.15) is 0 Å². The molecule has 0 amide bonds. The number of rotatable bonds is 9. The Morgan fingerprint density at radius 1 is 1.32 bits per heavy atom. The molecule has 5 heteroatoms. The SMILES string of the molecule is CC=CCCNC(=NC)NCCCOCC1CC1.I. The summed E-state index contributed by atoms with van der Waals surface area (Å²) in [6, 6.07) is 0. The maximum Gasteiger partial charge on any atom is 0.190 e. The second-order valence-corrected chi connectivity index (χ2v) is 4.66. The van der Waals surface area contributed by atoms with E-state index in [0.717, 1.165) is 51.0 Å². The van der Waals surface area contributed by atoms with Crippen LogP contribution >= 0.6 is 24.0 Å². The molecular weight excluding hydrogens is 353 g/mol. The minimum atomic E-state index is 0. The van der Waals surface area contributed by atoms with Gasteiger partial charge in [0.15, 0.2) is 5.96 Å². The summed E-state index contributed by atoms with van der Waals surface area (Å²) in [5, 5.41) is 6.56. The van der Waals surface area contributed by atoms with Gasteiger partial charge < -0.3 is 15.4 Å². The Kier molecular flexibility index (Phi) is 12.5. The third-order valence-electron chi connectivity index (χ3n) is 2.87. The van der Waals surface area contributed by atoms with Crippen molar-refractivity contribution in [2.45, 2.75) is 32.6 Å². The van der Waals surface area contributed by atoms with Gasteiger partial charge in [-0.15, -0.1) is 24.0 Å². The van der Waals surface area contributed by atoms with E-state index in [4.69, 9.17) is 4.74 Å². The molecule has 4 nitrogen and oxygen atoms in total. The molecule has 1 rings (SSSR count). The van der Waals surface area contributed by atoms with E-state index in [9.17, 15) is 0 Å². The van der Waals surface area contributed by atoms with Crippen molar-refractivity contribution in [3.63, 3.8) is 0 Å². The van der Waals surface area contributed by atoms with Gasteiger partial charge in [-0.3, -0.25) is 4.99 Å². The monoisotopic (exact) mass is 381 g/mol. The van der Waals surface area contributed by atoms with Crippen molar-refractivity contribution in [1.29, 1.82) is 0 Å². The van der Waals surface area contributed by atoms with Crippen molar-refractivity contribution in [3.8, 4) is 0 Å². The fourth-order valence-corrected chi connectivity index (χ4v) is 1.58. The molecule has 112 valence electrons. The molecule has 0 aliphatic heterocycles. The molecule has 0 unspecified atom stereocenters. The quantitative estimate of drug-likeness (QED) is 0.212. The second-order valence-electron chi connectivity index (χ2n) is 4.66. The van der Waals surface area contributed by atoms with Crippen molar-refractivity contribution in [3.05, 3.63) is 12.2 Å². The molecule has 2 N–H and O–H groups in total. The summed E-state index contributed by atoms with van der Waals surface area (Å²) >= 11 is 0. The Morgan fingerprint density at radius 2 is 2.05 bits per heavy atom. The highest BCUT2D eigenvalue weighted by atomic mass is 127. The third-order valence-corrected chi connectivity index (χ3v) is 2.87. The summed E-state index contributed by atoms with van der Waals surface area (Å²) in [7, 11) is 1.80. The van der Waals surface area contributed by atoms with E-state index in [1.807, 2.05) is 6.92 Å². The van der Waals surface area contributed by atoms with E-state index < -0.39 is 0 Å². The fraction of sp³-hybridized carbons (Fsp3) is 0.786. The molecule has 0 bridgehead atoms. The van der Waals surface area contributed by atoms with Crippen LogP contribution in [0, 0.1) is 5.92 Å². The van der Waals surface area contributed by atoms with Gasteiger partial charge in [0.25, 0.3) is 0 Å². The molecule has 0 aromatic heterocycles. The lowest BCUT2D eigenvalue weighted by Gasteiger charge is -2.11. The van der Waals surface area contributed by atoms with E-state index in [-0.39, 0.29) is 24.0 Å². The Bertz CT molecular complexity index is 265. The van der Waals surface area contributed by atoms with E-state index >= 15 is 0 Å². The van der Waals surface area contributed by atoms with Gasteiger partial charge >= 0.3 is 0 Å². The van der Waals surface area contributed by atoms with Gasteiger partial charge in [0.1, 0.15) is 0 Å². The number of guanidine groups is 1. The van der Waals surface area contributed by atoms with Crippen LogP contribution in [0.2, 0.25) is 0 Å². The van der Waals surface area contributed by atoms with Crippen LogP contribution in [0.15, 0.2) is 17.1 Å². The molecule has 1 saturated carbocycles. The first-order chi connectivity index (χ1) is 8.86. The number of ether oxygens (including phenoxy) is 1.